The number of nitro benzene ring substituents is 1. The van der Waals surface area contributed by atoms with Crippen LogP contribution in [0, 0.1) is 10.1 Å². The van der Waals surface area contributed by atoms with Gasteiger partial charge in [0.2, 0.25) is 0 Å². The maximum Gasteiger partial charge on any atom is 0.335 e. The second-order valence-corrected chi connectivity index (χ2v) is 3.88. The number of hydrogen-bond donors (Lipinski definition) is 2. The average Bonchev–Trinajstić information content (AvgIpc) is 2.38. The minimum absolute atomic E-state index is 0.0721. The van der Waals surface area contributed by atoms with Gasteiger partial charge in [-0.2, -0.15) is 0 Å². The number of aromatic hydroxyl groups is 1. The van der Waals surface area contributed by atoms with E-state index in [-0.39, 0.29) is 28.5 Å². The SMILES string of the molecule is O=C(O)c1cc(O)cc(Oc2cccc([N+](=O)[O-])c2)c1. The Morgan fingerprint density at radius 3 is 2.55 bits per heavy atom. The van der Waals surface area contributed by atoms with Crippen molar-refractivity contribution in [1.29, 1.82) is 0 Å². The van der Waals surface area contributed by atoms with Gasteiger partial charge in [-0.1, -0.05) is 6.07 Å². The zero-order chi connectivity index (χ0) is 14.7. The van der Waals surface area contributed by atoms with Crippen molar-refractivity contribution in [2.24, 2.45) is 0 Å². The number of benzene rings is 2. The molecule has 20 heavy (non-hydrogen) atoms. The van der Waals surface area contributed by atoms with Gasteiger partial charge >= 0.3 is 5.97 Å². The lowest BCUT2D eigenvalue weighted by molar-refractivity contribution is -0.384. The van der Waals surface area contributed by atoms with E-state index in [0.29, 0.717) is 0 Å². The Labute approximate surface area is 112 Å². The first-order valence-electron chi connectivity index (χ1n) is 5.45. The number of rotatable bonds is 4. The number of phenols is 1. The molecule has 2 rings (SSSR count). The van der Waals surface area contributed by atoms with Crippen molar-refractivity contribution in [1.82, 2.24) is 0 Å². The summed E-state index contributed by atoms with van der Waals surface area (Å²) in [5.41, 5.74) is -0.299. The summed E-state index contributed by atoms with van der Waals surface area (Å²) in [7, 11) is 0. The van der Waals surface area contributed by atoms with Gasteiger partial charge in [-0.3, -0.25) is 10.1 Å². The second kappa shape index (κ2) is 5.27. The van der Waals surface area contributed by atoms with Crippen LogP contribution in [0.2, 0.25) is 0 Å². The van der Waals surface area contributed by atoms with E-state index in [9.17, 15) is 20.0 Å². The first kappa shape index (κ1) is 13.3. The molecule has 0 aliphatic rings. The largest absolute Gasteiger partial charge is 0.508 e. The molecule has 0 unspecified atom stereocenters. The number of nitrogens with zero attached hydrogens (tertiary/aromatic N) is 1. The minimum Gasteiger partial charge on any atom is -0.508 e. The summed E-state index contributed by atoms with van der Waals surface area (Å²) in [4.78, 5) is 20.9. The highest BCUT2D eigenvalue weighted by Gasteiger charge is 2.10. The van der Waals surface area contributed by atoms with Crippen molar-refractivity contribution >= 4 is 11.7 Å². The summed E-state index contributed by atoms with van der Waals surface area (Å²) in [6, 6.07) is 8.92. The first-order valence-corrected chi connectivity index (χ1v) is 5.45. The van der Waals surface area contributed by atoms with Gasteiger partial charge in [0.15, 0.2) is 0 Å². The quantitative estimate of drug-likeness (QED) is 0.655. The fraction of sp³-hybridized carbons (Fsp3) is 0. The molecule has 0 atom stereocenters. The first-order chi connectivity index (χ1) is 9.45. The van der Waals surface area contributed by atoms with Gasteiger partial charge in [0.25, 0.3) is 5.69 Å². The smallest absolute Gasteiger partial charge is 0.335 e. The number of carboxylic acids is 1. The van der Waals surface area contributed by atoms with Crippen molar-refractivity contribution in [3.63, 3.8) is 0 Å². The molecule has 7 heteroatoms. The molecular formula is C13H9NO6. The minimum atomic E-state index is -1.22. The number of ether oxygens (including phenoxy) is 1. The highest BCUT2D eigenvalue weighted by molar-refractivity contribution is 5.88. The second-order valence-electron chi connectivity index (χ2n) is 3.88. The molecule has 0 fully saturated rings. The van der Waals surface area contributed by atoms with Crippen LogP contribution < -0.4 is 4.74 Å². The third kappa shape index (κ3) is 3.02. The van der Waals surface area contributed by atoms with E-state index in [2.05, 4.69) is 0 Å². The van der Waals surface area contributed by atoms with Crippen LogP contribution >= 0.6 is 0 Å². The van der Waals surface area contributed by atoms with Gasteiger partial charge < -0.3 is 14.9 Å². The van der Waals surface area contributed by atoms with Crippen molar-refractivity contribution in [2.75, 3.05) is 0 Å². The zero-order valence-corrected chi connectivity index (χ0v) is 10.0. The van der Waals surface area contributed by atoms with Crippen LogP contribution in [0.1, 0.15) is 10.4 Å². The number of carboxylic acid groups (broad SMARTS) is 1. The Morgan fingerprint density at radius 1 is 1.15 bits per heavy atom. The Bertz CT molecular complexity index is 682. The molecule has 0 radical (unpaired) electrons. The van der Waals surface area contributed by atoms with Gasteiger partial charge in [-0.25, -0.2) is 4.79 Å². The van der Waals surface area contributed by atoms with E-state index < -0.39 is 10.9 Å². The summed E-state index contributed by atoms with van der Waals surface area (Å²) in [5, 5.41) is 28.9. The molecule has 0 saturated carbocycles. The summed E-state index contributed by atoms with van der Waals surface area (Å²) in [6.07, 6.45) is 0. The van der Waals surface area contributed by atoms with Gasteiger partial charge in [-0.05, 0) is 18.2 Å². The Kier molecular flexibility index (Phi) is 3.52. The number of phenolic OH excluding ortho intramolecular Hbond substituents is 1. The molecule has 2 aromatic rings. The number of non-ortho nitro benzene ring substituents is 1. The Hall–Kier alpha value is -3.09. The highest BCUT2D eigenvalue weighted by atomic mass is 16.6. The van der Waals surface area contributed by atoms with E-state index in [1.54, 1.807) is 0 Å². The van der Waals surface area contributed by atoms with Crippen LogP contribution in [-0.4, -0.2) is 21.1 Å². The average molecular weight is 275 g/mol. The maximum absolute atomic E-state index is 10.8. The van der Waals surface area contributed by atoms with Crippen molar-refractivity contribution < 1.29 is 24.7 Å². The number of nitro groups is 1. The molecule has 0 aromatic heterocycles. The third-order valence-electron chi connectivity index (χ3n) is 2.40. The lowest BCUT2D eigenvalue weighted by atomic mass is 10.2. The fourth-order valence-corrected chi connectivity index (χ4v) is 1.56. The van der Waals surface area contributed by atoms with Crippen LogP contribution in [0.15, 0.2) is 42.5 Å². The molecular weight excluding hydrogens is 266 g/mol. The Morgan fingerprint density at radius 2 is 1.90 bits per heavy atom. The van der Waals surface area contributed by atoms with Gasteiger partial charge in [0.05, 0.1) is 16.6 Å². The van der Waals surface area contributed by atoms with Crippen molar-refractivity contribution in [3.8, 4) is 17.2 Å². The molecule has 2 aromatic carbocycles. The molecule has 0 aliphatic carbocycles. The van der Waals surface area contributed by atoms with Crippen LogP contribution in [0.25, 0.3) is 0 Å². The summed E-state index contributed by atoms with van der Waals surface area (Å²) < 4.78 is 5.31. The molecule has 0 bridgehead atoms. The molecule has 0 spiro atoms. The van der Waals surface area contributed by atoms with Gasteiger partial charge in [-0.15, -0.1) is 0 Å². The van der Waals surface area contributed by atoms with Crippen LogP contribution in [-0.2, 0) is 0 Å². The van der Waals surface area contributed by atoms with Gasteiger partial charge in [0, 0.05) is 12.1 Å². The number of hydrogen-bond acceptors (Lipinski definition) is 5. The lowest BCUT2D eigenvalue weighted by Crippen LogP contribution is -1.96. The summed E-state index contributed by atoms with van der Waals surface area (Å²) >= 11 is 0. The highest BCUT2D eigenvalue weighted by Crippen LogP contribution is 2.28. The number of aromatic carboxylic acids is 1. The predicted octanol–water partition coefficient (Wildman–Crippen LogP) is 2.79. The lowest BCUT2D eigenvalue weighted by Gasteiger charge is -2.07. The summed E-state index contributed by atoms with van der Waals surface area (Å²) in [6.45, 7) is 0. The van der Waals surface area contributed by atoms with Crippen LogP contribution in [0.4, 0.5) is 5.69 Å². The normalized spacial score (nSPS) is 10.0. The van der Waals surface area contributed by atoms with E-state index in [1.165, 1.54) is 36.4 Å². The monoisotopic (exact) mass is 275 g/mol. The van der Waals surface area contributed by atoms with E-state index in [1.807, 2.05) is 0 Å². The molecule has 102 valence electrons. The van der Waals surface area contributed by atoms with Crippen molar-refractivity contribution in [3.05, 3.63) is 58.1 Å². The standard InChI is InChI=1S/C13H9NO6/c15-10-4-8(13(16)17)5-12(7-10)20-11-3-1-2-9(6-11)14(18)19/h1-7,15H,(H,16,17). The van der Waals surface area contributed by atoms with Gasteiger partial charge in [0.1, 0.15) is 17.2 Å². The molecule has 0 saturated heterocycles. The van der Waals surface area contributed by atoms with E-state index in [0.717, 1.165) is 6.07 Å². The third-order valence-corrected chi connectivity index (χ3v) is 2.40. The van der Waals surface area contributed by atoms with E-state index >= 15 is 0 Å². The molecule has 7 nitrogen and oxygen atoms in total. The fourth-order valence-electron chi connectivity index (χ4n) is 1.56. The maximum atomic E-state index is 10.8. The van der Waals surface area contributed by atoms with Crippen molar-refractivity contribution in [2.45, 2.75) is 0 Å². The molecule has 0 amide bonds. The number of carbonyl (C=O) groups is 1. The van der Waals surface area contributed by atoms with Crippen LogP contribution in [0.5, 0.6) is 17.2 Å². The van der Waals surface area contributed by atoms with E-state index in [4.69, 9.17) is 9.84 Å². The molecule has 0 heterocycles. The predicted molar refractivity (Wildman–Crippen MR) is 68.2 cm³/mol. The van der Waals surface area contributed by atoms with Crippen LogP contribution in [0.3, 0.4) is 0 Å². The summed E-state index contributed by atoms with van der Waals surface area (Å²) in [5.74, 6) is -1.25. The Balaban J connectivity index is 2.32. The topological polar surface area (TPSA) is 110 Å². The molecule has 0 aliphatic heterocycles. The zero-order valence-electron chi connectivity index (χ0n) is 10.0. The molecule has 2 N–H and O–H groups in total.